The Balaban J connectivity index is 2.07. The maximum Gasteiger partial charge on any atom is 0.0759 e. The summed E-state index contributed by atoms with van der Waals surface area (Å²) in [5, 5.41) is 3.69. The van der Waals surface area contributed by atoms with Gasteiger partial charge in [-0.05, 0) is 44.2 Å². The van der Waals surface area contributed by atoms with Crippen molar-refractivity contribution in [3.8, 4) is 0 Å². The first-order valence-electron chi connectivity index (χ1n) is 8.74. The third-order valence-electron chi connectivity index (χ3n) is 4.63. The average molecular weight is 289 g/mol. The minimum absolute atomic E-state index is 0.357. The highest BCUT2D eigenvalue weighted by atomic mass is 16.5. The Hall–Kier alpha value is -0.860. The molecular weight excluding hydrogens is 258 g/mol. The van der Waals surface area contributed by atoms with E-state index in [1.807, 2.05) is 0 Å². The Morgan fingerprint density at radius 1 is 1.10 bits per heavy atom. The molecule has 21 heavy (non-hydrogen) atoms. The van der Waals surface area contributed by atoms with E-state index in [-0.39, 0.29) is 0 Å². The molecule has 0 bridgehead atoms. The largest absolute Gasteiger partial charge is 0.377 e. The second kappa shape index (κ2) is 9.22. The standard InChI is InChI=1S/C19H31NO/c1-3-20-18(15-16-11-7-5-8-12-16)19(21-4-2)17-13-9-6-10-14-17/h5,7-8,11-12,17-20H,3-4,6,9-10,13-15H2,1-2H3. The van der Waals surface area contributed by atoms with E-state index in [0.29, 0.717) is 12.1 Å². The topological polar surface area (TPSA) is 21.3 Å². The molecule has 1 aliphatic rings. The summed E-state index contributed by atoms with van der Waals surface area (Å²) in [6, 6.07) is 11.2. The Kier molecular flexibility index (Phi) is 7.25. The van der Waals surface area contributed by atoms with E-state index >= 15 is 0 Å². The Morgan fingerprint density at radius 3 is 2.43 bits per heavy atom. The van der Waals surface area contributed by atoms with Crippen LogP contribution in [0.15, 0.2) is 30.3 Å². The van der Waals surface area contributed by atoms with Crippen LogP contribution in [0.25, 0.3) is 0 Å². The SMILES string of the molecule is CCNC(Cc1ccccc1)C(OCC)C1CCCCC1. The van der Waals surface area contributed by atoms with E-state index in [1.165, 1.54) is 37.7 Å². The number of hydrogen-bond donors (Lipinski definition) is 1. The second-order valence-electron chi connectivity index (χ2n) is 6.17. The Morgan fingerprint density at radius 2 is 1.81 bits per heavy atom. The highest BCUT2D eigenvalue weighted by Crippen LogP contribution is 2.30. The van der Waals surface area contributed by atoms with Crippen LogP contribution >= 0.6 is 0 Å². The van der Waals surface area contributed by atoms with Gasteiger partial charge >= 0.3 is 0 Å². The lowest BCUT2D eigenvalue weighted by Crippen LogP contribution is -2.47. The number of rotatable bonds is 8. The summed E-state index contributed by atoms with van der Waals surface area (Å²) in [5.41, 5.74) is 1.41. The molecule has 1 aromatic rings. The van der Waals surface area contributed by atoms with Crippen molar-refractivity contribution in [1.82, 2.24) is 5.32 Å². The first-order chi connectivity index (χ1) is 10.3. The molecule has 1 fully saturated rings. The van der Waals surface area contributed by atoms with Crippen LogP contribution in [0.4, 0.5) is 0 Å². The third-order valence-corrected chi connectivity index (χ3v) is 4.63. The monoisotopic (exact) mass is 289 g/mol. The van der Waals surface area contributed by atoms with Crippen molar-refractivity contribution in [2.75, 3.05) is 13.2 Å². The normalized spacial score (nSPS) is 19.3. The van der Waals surface area contributed by atoms with Crippen LogP contribution in [0.3, 0.4) is 0 Å². The quantitative estimate of drug-likeness (QED) is 0.774. The lowest BCUT2D eigenvalue weighted by Gasteiger charge is -2.36. The van der Waals surface area contributed by atoms with Crippen LogP contribution < -0.4 is 5.32 Å². The fraction of sp³-hybridized carbons (Fsp3) is 0.684. The zero-order chi connectivity index (χ0) is 14.9. The molecule has 0 aromatic heterocycles. The molecule has 1 N–H and O–H groups in total. The van der Waals surface area contributed by atoms with Crippen molar-refractivity contribution in [3.63, 3.8) is 0 Å². The van der Waals surface area contributed by atoms with Gasteiger partial charge in [-0.3, -0.25) is 0 Å². The number of likely N-dealkylation sites (N-methyl/N-ethyl adjacent to an activating group) is 1. The average Bonchev–Trinajstić information content (AvgIpc) is 2.54. The van der Waals surface area contributed by atoms with Gasteiger partial charge in [-0.2, -0.15) is 0 Å². The smallest absolute Gasteiger partial charge is 0.0759 e. The molecule has 2 unspecified atom stereocenters. The second-order valence-corrected chi connectivity index (χ2v) is 6.17. The van der Waals surface area contributed by atoms with Crippen LogP contribution in [0.1, 0.15) is 51.5 Å². The number of nitrogens with one attached hydrogen (secondary N) is 1. The van der Waals surface area contributed by atoms with Gasteiger partial charge in [-0.25, -0.2) is 0 Å². The molecule has 0 saturated heterocycles. The minimum Gasteiger partial charge on any atom is -0.377 e. The highest BCUT2D eigenvalue weighted by molar-refractivity contribution is 5.16. The fourth-order valence-corrected chi connectivity index (χ4v) is 3.67. The third kappa shape index (κ3) is 5.12. The summed E-state index contributed by atoms with van der Waals surface area (Å²) in [6.45, 7) is 6.15. The van der Waals surface area contributed by atoms with E-state index in [9.17, 15) is 0 Å². The Bertz CT molecular complexity index is 372. The van der Waals surface area contributed by atoms with Crippen molar-refractivity contribution < 1.29 is 4.74 Å². The Labute approximate surface area is 130 Å². The van der Waals surface area contributed by atoms with Gasteiger partial charge in [0, 0.05) is 12.6 Å². The van der Waals surface area contributed by atoms with E-state index in [0.717, 1.165) is 25.5 Å². The van der Waals surface area contributed by atoms with Crippen molar-refractivity contribution >= 4 is 0 Å². The van der Waals surface area contributed by atoms with E-state index in [2.05, 4.69) is 49.5 Å². The van der Waals surface area contributed by atoms with Gasteiger partial charge in [0.05, 0.1) is 6.10 Å². The minimum atomic E-state index is 0.357. The van der Waals surface area contributed by atoms with Gasteiger partial charge in [-0.15, -0.1) is 0 Å². The first kappa shape index (κ1) is 16.5. The van der Waals surface area contributed by atoms with Gasteiger partial charge in [0.2, 0.25) is 0 Å². The van der Waals surface area contributed by atoms with Crippen molar-refractivity contribution in [2.24, 2.45) is 5.92 Å². The molecule has 0 heterocycles. The molecule has 0 amide bonds. The summed E-state index contributed by atoms with van der Waals surface area (Å²) >= 11 is 0. The van der Waals surface area contributed by atoms with Crippen LogP contribution in [-0.2, 0) is 11.2 Å². The molecule has 2 heteroatoms. The fourth-order valence-electron chi connectivity index (χ4n) is 3.67. The number of ether oxygens (including phenoxy) is 1. The molecule has 1 aliphatic carbocycles. The van der Waals surface area contributed by atoms with Crippen molar-refractivity contribution in [2.45, 2.75) is 64.5 Å². The van der Waals surface area contributed by atoms with Crippen LogP contribution in [0.5, 0.6) is 0 Å². The molecule has 118 valence electrons. The number of hydrogen-bond acceptors (Lipinski definition) is 2. The van der Waals surface area contributed by atoms with Crippen molar-refractivity contribution in [3.05, 3.63) is 35.9 Å². The molecule has 2 rings (SSSR count). The summed E-state index contributed by atoms with van der Waals surface area (Å²) < 4.78 is 6.21. The van der Waals surface area contributed by atoms with Crippen LogP contribution in [0.2, 0.25) is 0 Å². The van der Waals surface area contributed by atoms with Gasteiger partial charge in [0.1, 0.15) is 0 Å². The molecule has 2 atom stereocenters. The predicted octanol–water partition coefficient (Wildman–Crippen LogP) is 4.19. The van der Waals surface area contributed by atoms with E-state index in [4.69, 9.17) is 4.74 Å². The van der Waals surface area contributed by atoms with Gasteiger partial charge < -0.3 is 10.1 Å². The molecule has 0 aliphatic heterocycles. The maximum atomic E-state index is 6.21. The summed E-state index contributed by atoms with van der Waals surface area (Å²) in [5.74, 6) is 0.728. The molecule has 1 aromatic carbocycles. The van der Waals surface area contributed by atoms with Gasteiger partial charge in [-0.1, -0.05) is 56.5 Å². The van der Waals surface area contributed by atoms with E-state index in [1.54, 1.807) is 0 Å². The number of benzene rings is 1. The van der Waals surface area contributed by atoms with Crippen molar-refractivity contribution in [1.29, 1.82) is 0 Å². The van der Waals surface area contributed by atoms with Crippen LogP contribution in [0, 0.1) is 5.92 Å². The summed E-state index contributed by atoms with van der Waals surface area (Å²) in [6.07, 6.45) is 8.24. The van der Waals surface area contributed by atoms with Crippen LogP contribution in [-0.4, -0.2) is 25.3 Å². The highest BCUT2D eigenvalue weighted by Gasteiger charge is 2.30. The lowest BCUT2D eigenvalue weighted by atomic mass is 9.81. The molecule has 0 spiro atoms. The maximum absolute atomic E-state index is 6.21. The first-order valence-corrected chi connectivity index (χ1v) is 8.74. The zero-order valence-corrected chi connectivity index (χ0v) is 13.7. The molecule has 2 nitrogen and oxygen atoms in total. The van der Waals surface area contributed by atoms with E-state index < -0.39 is 0 Å². The summed E-state index contributed by atoms with van der Waals surface area (Å²) in [4.78, 5) is 0. The van der Waals surface area contributed by atoms with Gasteiger partial charge in [0.25, 0.3) is 0 Å². The molecular formula is C19H31NO. The predicted molar refractivity (Wildman–Crippen MR) is 89.6 cm³/mol. The molecule has 1 saturated carbocycles. The lowest BCUT2D eigenvalue weighted by molar-refractivity contribution is -0.0171. The summed E-state index contributed by atoms with van der Waals surface area (Å²) in [7, 11) is 0. The van der Waals surface area contributed by atoms with Gasteiger partial charge in [0.15, 0.2) is 0 Å². The zero-order valence-electron chi connectivity index (χ0n) is 13.7. The molecule has 0 radical (unpaired) electrons.